The van der Waals surface area contributed by atoms with Gasteiger partial charge >= 0.3 is 0 Å². The highest BCUT2D eigenvalue weighted by Crippen LogP contribution is 1.98. The van der Waals surface area contributed by atoms with Crippen molar-refractivity contribution in [3.63, 3.8) is 0 Å². The fourth-order valence-corrected chi connectivity index (χ4v) is 1.52. The van der Waals surface area contributed by atoms with Gasteiger partial charge in [0.1, 0.15) is 0 Å². The number of ether oxygens (including phenoxy) is 1. The molecule has 0 aliphatic carbocycles. The van der Waals surface area contributed by atoms with Gasteiger partial charge in [-0.1, -0.05) is 13.8 Å². The molecule has 0 aromatic rings. The van der Waals surface area contributed by atoms with Gasteiger partial charge < -0.3 is 15.2 Å². The van der Waals surface area contributed by atoms with Crippen molar-refractivity contribution in [2.24, 2.45) is 0 Å². The third kappa shape index (κ3) is 8.56. The van der Waals surface area contributed by atoms with E-state index in [-0.39, 0.29) is 30.9 Å². The van der Waals surface area contributed by atoms with Crippen molar-refractivity contribution in [3.05, 3.63) is 0 Å². The second-order valence-corrected chi connectivity index (χ2v) is 4.13. The van der Waals surface area contributed by atoms with Crippen molar-refractivity contribution < 1.29 is 9.84 Å². The van der Waals surface area contributed by atoms with E-state index in [4.69, 9.17) is 4.74 Å². The van der Waals surface area contributed by atoms with Crippen LogP contribution in [0.4, 0.5) is 0 Å². The molecule has 1 saturated heterocycles. The molecule has 1 aliphatic rings. The lowest BCUT2D eigenvalue weighted by atomic mass is 10.3. The Balaban J connectivity index is 0. The molecular weight excluding hydrogens is 251 g/mol. The van der Waals surface area contributed by atoms with Gasteiger partial charge in [-0.3, -0.25) is 4.90 Å². The molecule has 0 bridgehead atoms. The van der Waals surface area contributed by atoms with Crippen LogP contribution in [0.3, 0.4) is 0 Å². The summed E-state index contributed by atoms with van der Waals surface area (Å²) in [5.41, 5.74) is 0. The molecule has 100 valence electrons. The van der Waals surface area contributed by atoms with Gasteiger partial charge in [-0.2, -0.15) is 0 Å². The molecule has 1 heterocycles. The Morgan fingerprint density at radius 3 is 2.31 bits per heavy atom. The largest absolute Gasteiger partial charge is 0.390 e. The highest BCUT2D eigenvalue weighted by molar-refractivity contribution is 5.85. The third-order valence-corrected chi connectivity index (χ3v) is 2.33. The van der Waals surface area contributed by atoms with E-state index in [1.165, 1.54) is 0 Å². The first-order valence-electron chi connectivity index (χ1n) is 5.40. The van der Waals surface area contributed by atoms with Crippen LogP contribution in [0.5, 0.6) is 0 Å². The lowest BCUT2D eigenvalue weighted by Crippen LogP contribution is -2.44. The summed E-state index contributed by atoms with van der Waals surface area (Å²) in [5.74, 6) is 0. The van der Waals surface area contributed by atoms with E-state index in [1.54, 1.807) is 0 Å². The van der Waals surface area contributed by atoms with Crippen LogP contribution in [0, 0.1) is 0 Å². The minimum atomic E-state index is -0.268. The second-order valence-electron chi connectivity index (χ2n) is 4.13. The molecule has 0 aromatic carbocycles. The number of hydrogen-bond acceptors (Lipinski definition) is 4. The van der Waals surface area contributed by atoms with Crippen LogP contribution >= 0.6 is 24.8 Å². The molecule has 0 amide bonds. The predicted molar refractivity (Wildman–Crippen MR) is 70.9 cm³/mol. The van der Waals surface area contributed by atoms with Crippen molar-refractivity contribution in [1.29, 1.82) is 0 Å². The quantitative estimate of drug-likeness (QED) is 0.768. The van der Waals surface area contributed by atoms with Crippen LogP contribution < -0.4 is 5.32 Å². The molecule has 0 saturated carbocycles. The molecule has 0 aromatic heterocycles. The number of hydrogen-bond donors (Lipinski definition) is 2. The number of aliphatic hydroxyl groups is 1. The van der Waals surface area contributed by atoms with Crippen molar-refractivity contribution in [1.82, 2.24) is 10.2 Å². The topological polar surface area (TPSA) is 44.7 Å². The Labute approximate surface area is 111 Å². The maximum atomic E-state index is 9.71. The molecule has 0 spiro atoms. The van der Waals surface area contributed by atoms with Crippen LogP contribution in [0.2, 0.25) is 0 Å². The molecule has 1 atom stereocenters. The molecular formula is C10H24Cl2N2O2. The van der Waals surface area contributed by atoms with E-state index in [0.717, 1.165) is 32.8 Å². The summed E-state index contributed by atoms with van der Waals surface area (Å²) in [6.45, 7) is 9.08. The number of aliphatic hydroxyl groups excluding tert-OH is 1. The Morgan fingerprint density at radius 1 is 1.25 bits per heavy atom. The van der Waals surface area contributed by atoms with Crippen molar-refractivity contribution in [2.45, 2.75) is 26.0 Å². The van der Waals surface area contributed by atoms with Crippen molar-refractivity contribution in [3.8, 4) is 0 Å². The lowest BCUT2D eigenvalue weighted by molar-refractivity contribution is 0.0146. The number of morpholine rings is 1. The summed E-state index contributed by atoms with van der Waals surface area (Å²) in [5, 5.41) is 12.9. The number of nitrogens with zero attached hydrogens (tertiary/aromatic N) is 1. The third-order valence-electron chi connectivity index (χ3n) is 2.33. The first-order chi connectivity index (χ1) is 6.68. The summed E-state index contributed by atoms with van der Waals surface area (Å²) in [4.78, 5) is 2.25. The number of rotatable bonds is 5. The van der Waals surface area contributed by atoms with Crippen molar-refractivity contribution >= 4 is 24.8 Å². The maximum Gasteiger partial charge on any atom is 0.0791 e. The van der Waals surface area contributed by atoms with E-state index in [0.29, 0.717) is 12.6 Å². The van der Waals surface area contributed by atoms with E-state index >= 15 is 0 Å². The van der Waals surface area contributed by atoms with Crippen molar-refractivity contribution in [2.75, 3.05) is 39.4 Å². The van der Waals surface area contributed by atoms with E-state index in [9.17, 15) is 5.11 Å². The zero-order valence-electron chi connectivity index (χ0n) is 10.0. The van der Waals surface area contributed by atoms with Crippen LogP contribution in [-0.4, -0.2) is 61.5 Å². The predicted octanol–water partition coefficient (Wildman–Crippen LogP) is 0.521. The van der Waals surface area contributed by atoms with Gasteiger partial charge in [0.2, 0.25) is 0 Å². The maximum absolute atomic E-state index is 9.71. The molecule has 1 unspecified atom stereocenters. The molecule has 4 nitrogen and oxygen atoms in total. The van der Waals surface area contributed by atoms with Gasteiger partial charge in [-0.05, 0) is 0 Å². The van der Waals surface area contributed by atoms with Gasteiger partial charge in [0.05, 0.1) is 19.3 Å². The normalized spacial score (nSPS) is 18.8. The monoisotopic (exact) mass is 274 g/mol. The summed E-state index contributed by atoms with van der Waals surface area (Å²) < 4.78 is 5.24. The van der Waals surface area contributed by atoms with E-state index < -0.39 is 0 Å². The Bertz CT molecular complexity index is 156. The first kappa shape index (κ1) is 18.8. The molecule has 16 heavy (non-hydrogen) atoms. The minimum Gasteiger partial charge on any atom is -0.390 e. The molecule has 2 N–H and O–H groups in total. The number of β-amino-alcohol motifs (C(OH)–C–C–N with tert-alkyl or cyclic N) is 1. The highest BCUT2D eigenvalue weighted by atomic mass is 35.5. The van der Waals surface area contributed by atoms with Gasteiger partial charge in [0.15, 0.2) is 0 Å². The molecule has 0 radical (unpaired) electrons. The van der Waals surface area contributed by atoms with E-state index in [1.807, 2.05) is 0 Å². The number of halogens is 2. The number of nitrogens with one attached hydrogen (secondary N) is 1. The second kappa shape index (κ2) is 10.6. The fourth-order valence-electron chi connectivity index (χ4n) is 1.52. The average molecular weight is 275 g/mol. The fraction of sp³-hybridized carbons (Fsp3) is 1.00. The summed E-state index contributed by atoms with van der Waals surface area (Å²) >= 11 is 0. The Kier molecular flexibility index (Phi) is 12.4. The molecule has 6 heteroatoms. The van der Waals surface area contributed by atoms with Gasteiger partial charge in [0.25, 0.3) is 0 Å². The van der Waals surface area contributed by atoms with Gasteiger partial charge in [0, 0.05) is 32.2 Å². The van der Waals surface area contributed by atoms with Crippen LogP contribution in [0.1, 0.15) is 13.8 Å². The smallest absolute Gasteiger partial charge is 0.0791 e. The molecule has 1 fully saturated rings. The average Bonchev–Trinajstić information content (AvgIpc) is 2.16. The zero-order valence-corrected chi connectivity index (χ0v) is 11.6. The SMILES string of the molecule is CC(C)NCC(O)CN1CCOCC1.Cl.Cl. The summed E-state index contributed by atoms with van der Waals surface area (Å²) in [6.07, 6.45) is -0.268. The zero-order chi connectivity index (χ0) is 10.4. The van der Waals surface area contributed by atoms with Crippen LogP contribution in [-0.2, 0) is 4.74 Å². The van der Waals surface area contributed by atoms with Crippen LogP contribution in [0.25, 0.3) is 0 Å². The van der Waals surface area contributed by atoms with E-state index in [2.05, 4.69) is 24.1 Å². The van der Waals surface area contributed by atoms with Crippen LogP contribution in [0.15, 0.2) is 0 Å². The van der Waals surface area contributed by atoms with Gasteiger partial charge in [-0.15, -0.1) is 24.8 Å². The summed E-state index contributed by atoms with van der Waals surface area (Å²) in [6, 6.07) is 0.439. The summed E-state index contributed by atoms with van der Waals surface area (Å²) in [7, 11) is 0. The Hall–Kier alpha value is 0.420. The minimum absolute atomic E-state index is 0. The molecule has 1 aliphatic heterocycles. The standard InChI is InChI=1S/C10H22N2O2.2ClH/c1-9(2)11-7-10(13)8-12-3-5-14-6-4-12;;/h9-11,13H,3-8H2,1-2H3;2*1H. The first-order valence-corrected chi connectivity index (χ1v) is 5.40. The lowest BCUT2D eigenvalue weighted by Gasteiger charge is -2.28. The molecule has 1 rings (SSSR count). The highest BCUT2D eigenvalue weighted by Gasteiger charge is 2.14. The van der Waals surface area contributed by atoms with Gasteiger partial charge in [-0.25, -0.2) is 0 Å². The Morgan fingerprint density at radius 2 is 1.81 bits per heavy atom.